The molecule has 0 saturated carbocycles. The first kappa shape index (κ1) is 17.2. The molecule has 132 valence electrons. The molecule has 1 aromatic heterocycles. The number of amidine groups is 1. The number of hydrogen-bond donors (Lipinski definition) is 3. The molecular formula is C19H21N7. The summed E-state index contributed by atoms with van der Waals surface area (Å²) in [6.07, 6.45) is 9.20. The van der Waals surface area contributed by atoms with E-state index < -0.39 is 0 Å². The lowest BCUT2D eigenvalue weighted by Gasteiger charge is -2.29. The number of rotatable bonds is 5. The van der Waals surface area contributed by atoms with Gasteiger partial charge in [-0.25, -0.2) is 4.99 Å². The van der Waals surface area contributed by atoms with Crippen LogP contribution in [-0.2, 0) is 0 Å². The largest absolute Gasteiger partial charge is 0.338 e. The summed E-state index contributed by atoms with van der Waals surface area (Å²) in [5, 5.41) is 15.0. The molecule has 0 saturated heterocycles. The van der Waals surface area contributed by atoms with Gasteiger partial charge < -0.3 is 10.2 Å². The van der Waals surface area contributed by atoms with Crippen molar-refractivity contribution in [1.29, 1.82) is 0 Å². The molecule has 0 spiro atoms. The summed E-state index contributed by atoms with van der Waals surface area (Å²) in [7, 11) is 0. The zero-order valence-electron chi connectivity index (χ0n) is 14.8. The summed E-state index contributed by atoms with van der Waals surface area (Å²) in [5.74, 6) is 0.678. The van der Waals surface area contributed by atoms with Crippen LogP contribution in [0.25, 0.3) is 10.9 Å². The smallest absolute Gasteiger partial charge is 0.154 e. The van der Waals surface area contributed by atoms with Gasteiger partial charge in [0.1, 0.15) is 0 Å². The molecular weight excluding hydrogens is 326 g/mol. The van der Waals surface area contributed by atoms with E-state index in [9.17, 15) is 0 Å². The fraction of sp³-hybridized carbons (Fsp3) is 0.105. The molecule has 1 aromatic carbocycles. The summed E-state index contributed by atoms with van der Waals surface area (Å²) in [4.78, 5) is 6.41. The minimum Gasteiger partial charge on any atom is -0.338 e. The number of nitrogens with one attached hydrogen (secondary N) is 3. The van der Waals surface area contributed by atoms with Crippen LogP contribution < -0.4 is 10.7 Å². The van der Waals surface area contributed by atoms with Crippen molar-refractivity contribution in [2.24, 2.45) is 10.1 Å². The van der Waals surface area contributed by atoms with Crippen LogP contribution in [0.5, 0.6) is 0 Å². The number of hydrogen-bond acceptors (Lipinski definition) is 6. The van der Waals surface area contributed by atoms with Crippen LogP contribution in [0, 0.1) is 0 Å². The molecule has 7 nitrogen and oxygen atoms in total. The maximum Gasteiger partial charge on any atom is 0.154 e. The second kappa shape index (κ2) is 7.52. The highest BCUT2D eigenvalue weighted by Gasteiger charge is 2.19. The van der Waals surface area contributed by atoms with Gasteiger partial charge in [-0.2, -0.15) is 10.2 Å². The van der Waals surface area contributed by atoms with Crippen LogP contribution in [0.15, 0.2) is 82.7 Å². The fourth-order valence-corrected chi connectivity index (χ4v) is 2.71. The molecule has 0 unspecified atom stereocenters. The number of benzene rings is 1. The quantitative estimate of drug-likeness (QED) is 0.438. The Balaban J connectivity index is 1.81. The molecule has 0 bridgehead atoms. The van der Waals surface area contributed by atoms with Crippen molar-refractivity contribution in [3.8, 4) is 0 Å². The number of aliphatic imine (C=N–C) groups is 1. The summed E-state index contributed by atoms with van der Waals surface area (Å²) in [5.41, 5.74) is 7.37. The van der Waals surface area contributed by atoms with Crippen molar-refractivity contribution in [1.82, 2.24) is 20.5 Å². The lowest BCUT2D eigenvalue weighted by molar-refractivity contribution is 0.604. The van der Waals surface area contributed by atoms with Gasteiger partial charge in [0, 0.05) is 42.1 Å². The van der Waals surface area contributed by atoms with E-state index >= 15 is 0 Å². The number of aromatic amines is 1. The Morgan fingerprint density at radius 2 is 2.23 bits per heavy atom. The van der Waals surface area contributed by atoms with E-state index in [1.165, 1.54) is 0 Å². The van der Waals surface area contributed by atoms with E-state index in [0.29, 0.717) is 5.84 Å². The number of nitrogens with zero attached hydrogens (tertiary/aromatic N) is 4. The Kier molecular flexibility index (Phi) is 4.98. The number of H-pyrrole nitrogens is 1. The number of hydrazone groups is 1. The van der Waals surface area contributed by atoms with E-state index in [2.05, 4.69) is 44.3 Å². The van der Waals surface area contributed by atoms with Crippen molar-refractivity contribution in [2.75, 3.05) is 5.32 Å². The maximum absolute atomic E-state index is 4.43. The van der Waals surface area contributed by atoms with Gasteiger partial charge in [0.25, 0.3) is 0 Å². The molecule has 3 rings (SSSR count). The van der Waals surface area contributed by atoms with Gasteiger partial charge in [0.05, 0.1) is 17.4 Å². The molecule has 2 aromatic rings. The predicted molar refractivity (Wildman–Crippen MR) is 107 cm³/mol. The molecule has 1 aliphatic heterocycles. The van der Waals surface area contributed by atoms with Crippen molar-refractivity contribution in [3.63, 3.8) is 0 Å². The van der Waals surface area contributed by atoms with Gasteiger partial charge in [0.2, 0.25) is 0 Å². The Morgan fingerprint density at radius 3 is 3.00 bits per heavy atom. The second-order valence-corrected chi connectivity index (χ2v) is 5.68. The Bertz CT molecular complexity index is 959. The van der Waals surface area contributed by atoms with E-state index in [-0.39, 0.29) is 0 Å². The minimum atomic E-state index is 0.678. The van der Waals surface area contributed by atoms with Gasteiger partial charge in [0.15, 0.2) is 5.84 Å². The molecule has 1 aliphatic rings. The highest BCUT2D eigenvalue weighted by molar-refractivity contribution is 6.08. The topological polar surface area (TPSA) is 80.7 Å². The summed E-state index contributed by atoms with van der Waals surface area (Å²) < 4.78 is 0. The molecule has 2 heterocycles. The van der Waals surface area contributed by atoms with Crippen LogP contribution in [-0.4, -0.2) is 27.7 Å². The molecule has 0 aliphatic carbocycles. The van der Waals surface area contributed by atoms with Crippen LogP contribution in [0.1, 0.15) is 13.8 Å². The molecule has 0 amide bonds. The zero-order chi connectivity index (χ0) is 18.5. The van der Waals surface area contributed by atoms with E-state index in [4.69, 9.17) is 0 Å². The van der Waals surface area contributed by atoms with Gasteiger partial charge >= 0.3 is 0 Å². The first-order chi connectivity index (χ1) is 12.6. The average Bonchev–Trinajstić information content (AvgIpc) is 3.11. The molecule has 26 heavy (non-hydrogen) atoms. The van der Waals surface area contributed by atoms with Gasteiger partial charge in [-0.1, -0.05) is 12.7 Å². The van der Waals surface area contributed by atoms with E-state index in [0.717, 1.165) is 33.6 Å². The Labute approximate surface area is 152 Å². The first-order valence-electron chi connectivity index (χ1n) is 8.12. The van der Waals surface area contributed by atoms with Crippen molar-refractivity contribution < 1.29 is 0 Å². The third kappa shape index (κ3) is 3.41. The third-order valence-corrected chi connectivity index (χ3v) is 4.00. The van der Waals surface area contributed by atoms with Gasteiger partial charge in [-0.15, -0.1) is 0 Å². The van der Waals surface area contributed by atoms with Crippen molar-refractivity contribution in [2.45, 2.75) is 13.8 Å². The lowest BCUT2D eigenvalue weighted by Crippen LogP contribution is -2.29. The molecule has 7 heteroatoms. The second-order valence-electron chi connectivity index (χ2n) is 5.68. The number of anilines is 1. The highest BCUT2D eigenvalue weighted by atomic mass is 15.3. The van der Waals surface area contributed by atoms with E-state index in [1.807, 2.05) is 49.2 Å². The Hall–Kier alpha value is -3.61. The zero-order valence-corrected chi connectivity index (χ0v) is 14.8. The van der Waals surface area contributed by atoms with Crippen LogP contribution in [0.3, 0.4) is 0 Å². The van der Waals surface area contributed by atoms with Crippen molar-refractivity contribution >= 4 is 29.1 Å². The Morgan fingerprint density at radius 1 is 1.38 bits per heavy atom. The molecule has 3 N–H and O–H groups in total. The van der Waals surface area contributed by atoms with E-state index in [1.54, 1.807) is 18.6 Å². The van der Waals surface area contributed by atoms with Crippen LogP contribution >= 0.6 is 0 Å². The summed E-state index contributed by atoms with van der Waals surface area (Å²) in [6, 6.07) is 5.96. The van der Waals surface area contributed by atoms with Gasteiger partial charge in [-0.05, 0) is 37.6 Å². The predicted octanol–water partition coefficient (Wildman–Crippen LogP) is 3.69. The molecule has 0 fully saturated rings. The van der Waals surface area contributed by atoms with Gasteiger partial charge in [-0.3, -0.25) is 10.5 Å². The summed E-state index contributed by atoms with van der Waals surface area (Å²) in [6.45, 7) is 11.6. The van der Waals surface area contributed by atoms with Crippen LogP contribution in [0.2, 0.25) is 0 Å². The number of allylic oxidation sites excluding steroid dienone is 2. The highest BCUT2D eigenvalue weighted by Crippen LogP contribution is 2.25. The maximum atomic E-state index is 4.43. The first-order valence-corrected chi connectivity index (χ1v) is 8.12. The summed E-state index contributed by atoms with van der Waals surface area (Å²) >= 11 is 0. The average molecular weight is 347 g/mol. The molecule has 0 atom stereocenters. The standard InChI is InChI=1S/C19H21N7/c1-5-18(13(2)11-22-20-4)26-9-8-21-19(14(26)3)24-16-6-7-17-15(10-16)12-23-25-17/h5-12,22H,3-4H2,1-2H3,(H,21,24)(H,23,25)/b13-11+,18-5-. The third-order valence-electron chi connectivity index (χ3n) is 4.00. The van der Waals surface area contributed by atoms with Crippen molar-refractivity contribution in [3.05, 3.63) is 72.6 Å². The normalized spacial score (nSPS) is 15.2. The molecule has 0 radical (unpaired) electrons. The fourth-order valence-electron chi connectivity index (χ4n) is 2.71. The van der Waals surface area contributed by atoms with Crippen LogP contribution in [0.4, 0.5) is 5.69 Å². The minimum absolute atomic E-state index is 0.678. The number of aromatic nitrogens is 2. The lowest BCUT2D eigenvalue weighted by atomic mass is 10.1. The SMILES string of the molecule is C=NN/C=C(C)/C(=C/C)N1C=CN=C(Nc2ccc3[nH]ncc3c2)C1=C. The number of fused-ring (bicyclic) bond motifs is 1. The monoisotopic (exact) mass is 347 g/mol.